The second-order valence-corrected chi connectivity index (χ2v) is 9.11. The van der Waals surface area contributed by atoms with Gasteiger partial charge in [-0.25, -0.2) is 4.79 Å². The molecule has 0 amide bonds. The van der Waals surface area contributed by atoms with Crippen molar-refractivity contribution in [1.82, 2.24) is 9.97 Å². The van der Waals surface area contributed by atoms with Crippen LogP contribution in [0.4, 0.5) is 13.2 Å². The van der Waals surface area contributed by atoms with Crippen molar-refractivity contribution < 1.29 is 17.9 Å². The fourth-order valence-electron chi connectivity index (χ4n) is 2.84. The topological polar surface area (TPSA) is 75.0 Å². The number of thioether (sulfide) groups is 2. The largest absolute Gasteiger partial charge is 0.417 e. The van der Waals surface area contributed by atoms with Crippen LogP contribution < -0.4 is 11.2 Å². The Balaban J connectivity index is 1.84. The molecule has 31 heavy (non-hydrogen) atoms. The quantitative estimate of drug-likeness (QED) is 0.438. The zero-order chi connectivity index (χ0) is 22.6. The van der Waals surface area contributed by atoms with Crippen LogP contribution in [0.15, 0.2) is 50.9 Å². The highest BCUT2D eigenvalue weighted by atomic mass is 35.5. The Morgan fingerprint density at radius 3 is 2.52 bits per heavy atom. The first-order valence-electron chi connectivity index (χ1n) is 9.04. The number of fused-ring (bicyclic) bond motifs is 1. The maximum absolute atomic E-state index is 13.5. The Morgan fingerprint density at radius 2 is 1.87 bits per heavy atom. The zero-order valence-corrected chi connectivity index (χ0v) is 18.6. The predicted octanol–water partition coefficient (Wildman–Crippen LogP) is 4.93. The Morgan fingerprint density at radius 1 is 1.16 bits per heavy atom. The Kier molecular flexibility index (Phi) is 7.79. The van der Waals surface area contributed by atoms with Crippen LogP contribution in [0, 0.1) is 0 Å². The summed E-state index contributed by atoms with van der Waals surface area (Å²) in [5.74, 6) is 0.362. The van der Waals surface area contributed by atoms with Crippen LogP contribution in [0.25, 0.3) is 10.9 Å². The van der Waals surface area contributed by atoms with Crippen molar-refractivity contribution >= 4 is 46.0 Å². The third kappa shape index (κ3) is 5.88. The molecular formula is C20H18ClF3N2O3S2. The van der Waals surface area contributed by atoms with Crippen LogP contribution in [0.1, 0.15) is 11.1 Å². The summed E-state index contributed by atoms with van der Waals surface area (Å²) in [6.07, 6.45) is -2.88. The molecule has 3 aromatic rings. The molecule has 0 bridgehead atoms. The first-order chi connectivity index (χ1) is 14.7. The fraction of sp³-hybridized carbons (Fsp3) is 0.300. The second kappa shape index (κ2) is 10.2. The number of benzene rings is 2. The molecule has 0 aliphatic heterocycles. The minimum atomic E-state index is -4.75. The van der Waals surface area contributed by atoms with Crippen LogP contribution in [0.2, 0.25) is 5.02 Å². The number of nitrogens with one attached hydrogen (secondary N) is 2. The molecule has 0 saturated heterocycles. The predicted molar refractivity (Wildman–Crippen MR) is 119 cm³/mol. The monoisotopic (exact) mass is 490 g/mol. The molecule has 0 radical (unpaired) electrons. The molecule has 0 spiro atoms. The normalized spacial score (nSPS) is 12.9. The van der Waals surface area contributed by atoms with E-state index in [0.717, 1.165) is 17.3 Å². The van der Waals surface area contributed by atoms with E-state index in [1.807, 2.05) is 41.6 Å². The highest BCUT2D eigenvalue weighted by molar-refractivity contribution is 8.03. The van der Waals surface area contributed by atoms with Gasteiger partial charge in [0.1, 0.15) is 0 Å². The summed E-state index contributed by atoms with van der Waals surface area (Å²) in [6.45, 7) is 0.785. The summed E-state index contributed by atoms with van der Waals surface area (Å²) in [7, 11) is 0. The molecule has 2 aromatic carbocycles. The van der Waals surface area contributed by atoms with E-state index in [-0.39, 0.29) is 21.0 Å². The number of halogens is 4. The summed E-state index contributed by atoms with van der Waals surface area (Å²) in [6, 6.07) is 10.2. The van der Waals surface area contributed by atoms with Crippen LogP contribution in [0.3, 0.4) is 0 Å². The first-order valence-corrected chi connectivity index (χ1v) is 11.7. The van der Waals surface area contributed by atoms with Crippen molar-refractivity contribution in [3.8, 4) is 0 Å². The molecule has 0 aliphatic rings. The molecule has 2 N–H and O–H groups in total. The van der Waals surface area contributed by atoms with E-state index < -0.39 is 28.0 Å². The molecule has 1 aromatic heterocycles. The van der Waals surface area contributed by atoms with Gasteiger partial charge in [0.05, 0.1) is 39.6 Å². The van der Waals surface area contributed by atoms with Gasteiger partial charge in [0.25, 0.3) is 5.56 Å². The van der Waals surface area contributed by atoms with Crippen LogP contribution in [-0.2, 0) is 17.5 Å². The lowest BCUT2D eigenvalue weighted by atomic mass is 10.1. The maximum Gasteiger partial charge on any atom is 0.417 e. The number of alkyl halides is 3. The van der Waals surface area contributed by atoms with Crippen molar-refractivity contribution in [2.75, 3.05) is 18.6 Å². The fourth-order valence-corrected chi connectivity index (χ4v) is 5.23. The van der Waals surface area contributed by atoms with Gasteiger partial charge in [0.2, 0.25) is 0 Å². The maximum atomic E-state index is 13.5. The molecule has 1 unspecified atom stereocenters. The third-order valence-electron chi connectivity index (χ3n) is 4.40. The van der Waals surface area contributed by atoms with E-state index >= 15 is 0 Å². The van der Waals surface area contributed by atoms with Crippen LogP contribution >= 0.6 is 35.1 Å². The zero-order valence-electron chi connectivity index (χ0n) is 16.2. The SMILES string of the molecule is CSC(COCc1ccccc1)CSc1c(Cl)c(C(F)(F)F)cc2c(=O)[nH]c(=O)[nH]c12. The molecule has 1 heterocycles. The molecular weight excluding hydrogens is 473 g/mol. The number of hydrogen-bond acceptors (Lipinski definition) is 5. The highest BCUT2D eigenvalue weighted by Crippen LogP contribution is 2.42. The average Bonchev–Trinajstić information content (AvgIpc) is 2.71. The number of rotatable bonds is 8. The molecule has 166 valence electrons. The Hall–Kier alpha value is -1.88. The third-order valence-corrected chi connectivity index (χ3v) is 7.35. The highest BCUT2D eigenvalue weighted by Gasteiger charge is 2.35. The van der Waals surface area contributed by atoms with Gasteiger partial charge >= 0.3 is 11.9 Å². The van der Waals surface area contributed by atoms with E-state index in [9.17, 15) is 22.8 Å². The Labute approximate surface area is 188 Å². The first kappa shape index (κ1) is 23.8. The molecule has 3 rings (SSSR count). The van der Waals surface area contributed by atoms with E-state index in [1.54, 1.807) is 0 Å². The summed E-state index contributed by atoms with van der Waals surface area (Å²) in [4.78, 5) is 28.2. The summed E-state index contributed by atoms with van der Waals surface area (Å²) < 4.78 is 46.1. The van der Waals surface area contributed by atoms with Crippen molar-refractivity contribution in [3.05, 3.63) is 73.4 Å². The van der Waals surface area contributed by atoms with Crippen molar-refractivity contribution in [2.45, 2.75) is 22.9 Å². The van der Waals surface area contributed by atoms with Gasteiger partial charge < -0.3 is 9.72 Å². The molecule has 0 saturated carbocycles. The molecule has 1 atom stereocenters. The van der Waals surface area contributed by atoms with E-state index in [0.29, 0.717) is 25.0 Å². The lowest BCUT2D eigenvalue weighted by molar-refractivity contribution is -0.137. The summed E-state index contributed by atoms with van der Waals surface area (Å²) >= 11 is 8.62. The van der Waals surface area contributed by atoms with Gasteiger partial charge in [-0.2, -0.15) is 24.9 Å². The number of H-pyrrole nitrogens is 2. The van der Waals surface area contributed by atoms with Crippen molar-refractivity contribution in [1.29, 1.82) is 0 Å². The lowest BCUT2D eigenvalue weighted by Gasteiger charge is -2.18. The summed E-state index contributed by atoms with van der Waals surface area (Å²) in [5, 5.41) is -0.876. The van der Waals surface area contributed by atoms with Crippen molar-refractivity contribution in [3.63, 3.8) is 0 Å². The molecule has 0 fully saturated rings. The van der Waals surface area contributed by atoms with E-state index in [2.05, 4.69) is 4.98 Å². The lowest BCUT2D eigenvalue weighted by Crippen LogP contribution is -2.23. The number of aromatic nitrogens is 2. The number of ether oxygens (including phenoxy) is 1. The van der Waals surface area contributed by atoms with Gasteiger partial charge in [-0.05, 0) is 17.9 Å². The van der Waals surface area contributed by atoms with Gasteiger partial charge in [-0.1, -0.05) is 41.9 Å². The smallest absolute Gasteiger partial charge is 0.376 e. The van der Waals surface area contributed by atoms with Gasteiger partial charge in [-0.3, -0.25) is 9.78 Å². The minimum Gasteiger partial charge on any atom is -0.376 e. The van der Waals surface area contributed by atoms with E-state index in [4.69, 9.17) is 16.3 Å². The standard InChI is InChI=1S/C20H18ClF3N2O3S2/c1-30-12(9-29-8-11-5-3-2-4-6-11)10-31-17-15(21)14(20(22,23)24)7-13-16(17)25-19(28)26-18(13)27/h2-7,12H,8-10H2,1H3,(H2,25,26,27,28). The van der Waals surface area contributed by atoms with Crippen LogP contribution in [-0.4, -0.2) is 33.8 Å². The Bertz CT molecular complexity index is 1170. The second-order valence-electron chi connectivity index (χ2n) is 6.57. The van der Waals surface area contributed by atoms with Gasteiger partial charge in [-0.15, -0.1) is 11.8 Å². The van der Waals surface area contributed by atoms with Crippen molar-refractivity contribution in [2.24, 2.45) is 0 Å². The molecule has 0 aliphatic carbocycles. The summed E-state index contributed by atoms with van der Waals surface area (Å²) in [5.41, 5.74) is -1.85. The minimum absolute atomic E-state index is 0.0109. The van der Waals surface area contributed by atoms with Gasteiger partial charge in [0.15, 0.2) is 0 Å². The number of hydrogen-bond donors (Lipinski definition) is 2. The molecule has 5 nitrogen and oxygen atoms in total. The van der Waals surface area contributed by atoms with Crippen LogP contribution in [0.5, 0.6) is 0 Å². The van der Waals surface area contributed by atoms with E-state index in [1.165, 1.54) is 11.8 Å². The number of aromatic amines is 2. The molecule has 11 heteroatoms. The van der Waals surface area contributed by atoms with Gasteiger partial charge in [0, 0.05) is 11.0 Å². The average molecular weight is 491 g/mol.